The Labute approximate surface area is 119 Å². The molecule has 4 heteroatoms. The van der Waals surface area contributed by atoms with E-state index in [9.17, 15) is 4.39 Å². The zero-order valence-electron chi connectivity index (χ0n) is 9.59. The van der Waals surface area contributed by atoms with E-state index in [0.717, 1.165) is 20.6 Å². The fourth-order valence-electron chi connectivity index (χ4n) is 1.67. The third kappa shape index (κ3) is 3.80. The highest BCUT2D eigenvalue weighted by Gasteiger charge is 2.01. The molecular formula is C14H12BrClFN. The zero-order valence-corrected chi connectivity index (χ0v) is 11.9. The largest absolute Gasteiger partial charge is 0.309 e. The molecule has 0 aromatic heterocycles. The van der Waals surface area contributed by atoms with Gasteiger partial charge in [-0.25, -0.2) is 4.39 Å². The molecule has 94 valence electrons. The van der Waals surface area contributed by atoms with Gasteiger partial charge in [0, 0.05) is 22.6 Å². The zero-order chi connectivity index (χ0) is 13.0. The van der Waals surface area contributed by atoms with Crippen molar-refractivity contribution in [3.63, 3.8) is 0 Å². The van der Waals surface area contributed by atoms with Crippen LogP contribution in [-0.4, -0.2) is 0 Å². The molecular weight excluding hydrogens is 317 g/mol. The van der Waals surface area contributed by atoms with E-state index < -0.39 is 0 Å². The molecule has 0 radical (unpaired) electrons. The van der Waals surface area contributed by atoms with Crippen LogP contribution in [0.25, 0.3) is 0 Å². The van der Waals surface area contributed by atoms with Crippen LogP contribution in [-0.2, 0) is 13.1 Å². The van der Waals surface area contributed by atoms with Gasteiger partial charge >= 0.3 is 0 Å². The molecule has 1 N–H and O–H groups in total. The molecule has 0 fully saturated rings. The van der Waals surface area contributed by atoms with Crippen LogP contribution < -0.4 is 5.32 Å². The van der Waals surface area contributed by atoms with Crippen LogP contribution in [0.2, 0.25) is 5.02 Å². The standard InChI is InChI=1S/C14H12BrClFN/c15-12-4-5-14(16)11(7-12)9-18-8-10-2-1-3-13(17)6-10/h1-7,18H,8-9H2. The van der Waals surface area contributed by atoms with Gasteiger partial charge in [-0.3, -0.25) is 0 Å². The molecule has 0 aliphatic heterocycles. The number of halogens is 3. The van der Waals surface area contributed by atoms with Crippen LogP contribution in [0, 0.1) is 5.82 Å². The molecule has 0 aliphatic rings. The predicted molar refractivity (Wildman–Crippen MR) is 76.1 cm³/mol. The molecule has 2 aromatic rings. The van der Waals surface area contributed by atoms with Crippen molar-refractivity contribution in [1.82, 2.24) is 5.32 Å². The minimum absolute atomic E-state index is 0.213. The second kappa shape index (κ2) is 6.32. The summed E-state index contributed by atoms with van der Waals surface area (Å²) in [6.45, 7) is 1.26. The molecule has 0 amide bonds. The smallest absolute Gasteiger partial charge is 0.123 e. The van der Waals surface area contributed by atoms with Gasteiger partial charge in [-0.05, 0) is 41.5 Å². The molecule has 0 spiro atoms. The summed E-state index contributed by atoms with van der Waals surface area (Å²) in [6, 6.07) is 12.3. The first-order chi connectivity index (χ1) is 8.65. The van der Waals surface area contributed by atoms with Gasteiger partial charge in [0.05, 0.1) is 0 Å². The summed E-state index contributed by atoms with van der Waals surface area (Å²) in [4.78, 5) is 0. The van der Waals surface area contributed by atoms with Gasteiger partial charge in [-0.1, -0.05) is 39.7 Å². The van der Waals surface area contributed by atoms with Crippen molar-refractivity contribution < 1.29 is 4.39 Å². The average molecular weight is 329 g/mol. The Kier molecular flexibility index (Phi) is 4.75. The van der Waals surface area contributed by atoms with Gasteiger partial charge in [0.2, 0.25) is 0 Å². The lowest BCUT2D eigenvalue weighted by Gasteiger charge is -2.07. The minimum Gasteiger partial charge on any atom is -0.309 e. The van der Waals surface area contributed by atoms with Gasteiger partial charge in [-0.15, -0.1) is 0 Å². The van der Waals surface area contributed by atoms with Gasteiger partial charge in [0.15, 0.2) is 0 Å². The molecule has 0 aliphatic carbocycles. The van der Waals surface area contributed by atoms with Crippen molar-refractivity contribution in [2.45, 2.75) is 13.1 Å². The third-order valence-electron chi connectivity index (χ3n) is 2.54. The molecule has 18 heavy (non-hydrogen) atoms. The van der Waals surface area contributed by atoms with Gasteiger partial charge in [-0.2, -0.15) is 0 Å². The van der Waals surface area contributed by atoms with Crippen LogP contribution in [0.15, 0.2) is 46.9 Å². The monoisotopic (exact) mass is 327 g/mol. The van der Waals surface area contributed by atoms with Gasteiger partial charge in [0.1, 0.15) is 5.82 Å². The highest BCUT2D eigenvalue weighted by Crippen LogP contribution is 2.20. The number of hydrogen-bond acceptors (Lipinski definition) is 1. The summed E-state index contributed by atoms with van der Waals surface area (Å²) in [6.07, 6.45) is 0. The van der Waals surface area contributed by atoms with E-state index in [1.165, 1.54) is 12.1 Å². The fraction of sp³-hybridized carbons (Fsp3) is 0.143. The lowest BCUT2D eigenvalue weighted by Crippen LogP contribution is -2.13. The number of nitrogens with one attached hydrogen (secondary N) is 1. The van der Waals surface area contributed by atoms with E-state index in [1.54, 1.807) is 6.07 Å². The first-order valence-electron chi connectivity index (χ1n) is 5.54. The topological polar surface area (TPSA) is 12.0 Å². The van der Waals surface area contributed by atoms with Crippen LogP contribution in [0.3, 0.4) is 0 Å². The second-order valence-electron chi connectivity index (χ2n) is 3.97. The van der Waals surface area contributed by atoms with Crippen molar-refractivity contribution in [2.24, 2.45) is 0 Å². The highest BCUT2D eigenvalue weighted by atomic mass is 79.9. The Hall–Kier alpha value is -0.900. The normalized spacial score (nSPS) is 10.6. The first kappa shape index (κ1) is 13.5. The van der Waals surface area contributed by atoms with E-state index >= 15 is 0 Å². The lowest BCUT2D eigenvalue weighted by atomic mass is 10.2. The maximum absolute atomic E-state index is 13.0. The van der Waals surface area contributed by atoms with E-state index in [2.05, 4.69) is 21.2 Å². The molecule has 2 aromatic carbocycles. The molecule has 1 nitrogen and oxygen atoms in total. The molecule has 0 heterocycles. The van der Waals surface area contributed by atoms with Crippen molar-refractivity contribution in [3.05, 3.63) is 68.9 Å². The summed E-state index contributed by atoms with van der Waals surface area (Å²) in [5.74, 6) is -0.213. The second-order valence-corrected chi connectivity index (χ2v) is 5.29. The molecule has 0 unspecified atom stereocenters. The van der Waals surface area contributed by atoms with Crippen molar-refractivity contribution in [2.75, 3.05) is 0 Å². The van der Waals surface area contributed by atoms with Crippen molar-refractivity contribution in [1.29, 1.82) is 0 Å². The summed E-state index contributed by atoms with van der Waals surface area (Å²) < 4.78 is 14.0. The Morgan fingerprint density at radius 1 is 1.11 bits per heavy atom. The van der Waals surface area contributed by atoms with Crippen LogP contribution in [0.1, 0.15) is 11.1 Å². The Bertz CT molecular complexity index is 545. The summed E-state index contributed by atoms with van der Waals surface area (Å²) in [7, 11) is 0. The maximum Gasteiger partial charge on any atom is 0.123 e. The predicted octanol–water partition coefficient (Wildman–Crippen LogP) is 4.53. The maximum atomic E-state index is 13.0. The van der Waals surface area contributed by atoms with Crippen molar-refractivity contribution >= 4 is 27.5 Å². The van der Waals surface area contributed by atoms with Crippen LogP contribution >= 0.6 is 27.5 Å². The summed E-state index contributed by atoms with van der Waals surface area (Å²) in [5.41, 5.74) is 1.93. The highest BCUT2D eigenvalue weighted by molar-refractivity contribution is 9.10. The van der Waals surface area contributed by atoms with E-state index in [0.29, 0.717) is 13.1 Å². The molecule has 0 saturated heterocycles. The number of hydrogen-bond donors (Lipinski definition) is 1. The quantitative estimate of drug-likeness (QED) is 0.869. The first-order valence-corrected chi connectivity index (χ1v) is 6.71. The van der Waals surface area contributed by atoms with E-state index in [-0.39, 0.29) is 5.82 Å². The van der Waals surface area contributed by atoms with Crippen LogP contribution in [0.5, 0.6) is 0 Å². The van der Waals surface area contributed by atoms with Crippen LogP contribution in [0.4, 0.5) is 4.39 Å². The number of benzene rings is 2. The lowest BCUT2D eigenvalue weighted by molar-refractivity contribution is 0.620. The third-order valence-corrected chi connectivity index (χ3v) is 3.40. The van der Waals surface area contributed by atoms with Crippen molar-refractivity contribution in [3.8, 4) is 0 Å². The Morgan fingerprint density at radius 3 is 2.72 bits per heavy atom. The molecule has 0 atom stereocenters. The fourth-order valence-corrected chi connectivity index (χ4v) is 2.26. The molecule has 2 rings (SSSR count). The van der Waals surface area contributed by atoms with E-state index in [1.807, 2.05) is 24.3 Å². The minimum atomic E-state index is -0.213. The molecule has 0 saturated carbocycles. The van der Waals surface area contributed by atoms with Gasteiger partial charge in [0.25, 0.3) is 0 Å². The molecule has 0 bridgehead atoms. The Balaban J connectivity index is 1.94. The summed E-state index contributed by atoms with van der Waals surface area (Å²) >= 11 is 9.49. The SMILES string of the molecule is Fc1cccc(CNCc2cc(Br)ccc2Cl)c1. The Morgan fingerprint density at radius 2 is 1.94 bits per heavy atom. The summed E-state index contributed by atoms with van der Waals surface area (Å²) in [5, 5.41) is 3.97. The average Bonchev–Trinajstić information content (AvgIpc) is 2.34. The number of rotatable bonds is 4. The van der Waals surface area contributed by atoms with E-state index in [4.69, 9.17) is 11.6 Å². The van der Waals surface area contributed by atoms with Gasteiger partial charge < -0.3 is 5.32 Å².